The van der Waals surface area contributed by atoms with Crippen LogP contribution < -0.4 is 33.5 Å². The molecule has 7 heteroatoms. The van der Waals surface area contributed by atoms with Crippen molar-refractivity contribution in [2.45, 2.75) is 20.0 Å². The van der Waals surface area contributed by atoms with Gasteiger partial charge in [-0.2, -0.15) is 0 Å². The Morgan fingerprint density at radius 3 is 1.81 bits per heavy atom. The zero-order valence-corrected chi connectivity index (χ0v) is 19.4. The van der Waals surface area contributed by atoms with Crippen LogP contribution in [0.1, 0.15) is 18.1 Å². The standard InChI is InChI=1S/C24H34N2O5/c1-6-31-24-13-18(7-8-20(24)27-2)16-25-9-11-26(12-10-25)17-19-14-22(29-4)23(30-5)15-21(19)28-3/h7-8,13-15H,6,9-12,16-17H2,1-5H3/p+2. The van der Waals surface area contributed by atoms with Gasteiger partial charge >= 0.3 is 0 Å². The molecule has 170 valence electrons. The van der Waals surface area contributed by atoms with Gasteiger partial charge in [0.15, 0.2) is 23.0 Å². The molecular weight excluding hydrogens is 396 g/mol. The van der Waals surface area contributed by atoms with Crippen LogP contribution in [-0.4, -0.2) is 61.2 Å². The van der Waals surface area contributed by atoms with Crippen LogP contribution in [0.4, 0.5) is 0 Å². The molecule has 1 aliphatic heterocycles. The lowest BCUT2D eigenvalue weighted by molar-refractivity contribution is -1.02. The molecule has 1 fully saturated rings. The number of hydrogen-bond donors (Lipinski definition) is 2. The highest BCUT2D eigenvalue weighted by Gasteiger charge is 2.25. The highest BCUT2D eigenvalue weighted by molar-refractivity contribution is 5.50. The van der Waals surface area contributed by atoms with E-state index in [4.69, 9.17) is 23.7 Å². The molecule has 3 rings (SSSR count). The van der Waals surface area contributed by atoms with E-state index in [-0.39, 0.29) is 0 Å². The van der Waals surface area contributed by atoms with Crippen molar-refractivity contribution in [1.29, 1.82) is 0 Å². The summed E-state index contributed by atoms with van der Waals surface area (Å²) in [7, 11) is 6.69. The average molecular weight is 433 g/mol. The Morgan fingerprint density at radius 2 is 1.23 bits per heavy atom. The van der Waals surface area contributed by atoms with Crippen molar-refractivity contribution in [3.05, 3.63) is 41.5 Å². The number of hydrogen-bond acceptors (Lipinski definition) is 5. The first-order chi connectivity index (χ1) is 15.1. The first kappa shape index (κ1) is 23.0. The smallest absolute Gasteiger partial charge is 0.164 e. The van der Waals surface area contributed by atoms with Crippen LogP contribution in [0.15, 0.2) is 30.3 Å². The molecule has 2 aromatic rings. The molecule has 0 spiro atoms. The van der Waals surface area contributed by atoms with Gasteiger partial charge < -0.3 is 33.5 Å². The molecule has 0 radical (unpaired) electrons. The Kier molecular flexibility index (Phi) is 8.26. The SMILES string of the molecule is CCOc1cc(C[NH+]2CC[NH+](Cc3cc(OC)c(OC)cc3OC)CC2)ccc1OC. The number of methoxy groups -OCH3 is 4. The third-order valence-electron chi connectivity index (χ3n) is 5.87. The monoisotopic (exact) mass is 432 g/mol. The van der Waals surface area contributed by atoms with Crippen LogP contribution in [0.5, 0.6) is 28.7 Å². The molecule has 0 atom stereocenters. The minimum Gasteiger partial charge on any atom is -0.496 e. The van der Waals surface area contributed by atoms with Crippen molar-refractivity contribution in [2.24, 2.45) is 0 Å². The lowest BCUT2D eigenvalue weighted by Gasteiger charge is -2.30. The quantitative estimate of drug-likeness (QED) is 0.576. The summed E-state index contributed by atoms with van der Waals surface area (Å²) in [5.74, 6) is 3.90. The number of rotatable bonds is 10. The largest absolute Gasteiger partial charge is 0.496 e. The molecule has 0 aliphatic carbocycles. The van der Waals surface area contributed by atoms with Gasteiger partial charge in [-0.25, -0.2) is 0 Å². The summed E-state index contributed by atoms with van der Waals surface area (Å²) in [6.07, 6.45) is 0. The molecule has 2 aromatic carbocycles. The van der Waals surface area contributed by atoms with E-state index in [1.807, 2.05) is 25.1 Å². The van der Waals surface area contributed by atoms with Crippen molar-refractivity contribution in [1.82, 2.24) is 0 Å². The summed E-state index contributed by atoms with van der Waals surface area (Å²) < 4.78 is 27.6. The normalized spacial score (nSPS) is 18.4. The minimum atomic E-state index is 0.633. The minimum absolute atomic E-state index is 0.633. The molecule has 1 heterocycles. The second kappa shape index (κ2) is 11.1. The summed E-state index contributed by atoms with van der Waals surface area (Å²) in [6.45, 7) is 9.01. The van der Waals surface area contributed by atoms with Gasteiger partial charge in [0.05, 0.1) is 40.6 Å². The number of ether oxygens (including phenoxy) is 5. The predicted molar refractivity (Wildman–Crippen MR) is 119 cm³/mol. The van der Waals surface area contributed by atoms with Crippen molar-refractivity contribution < 1.29 is 33.5 Å². The van der Waals surface area contributed by atoms with Gasteiger partial charge in [-0.05, 0) is 31.2 Å². The fourth-order valence-corrected chi connectivity index (χ4v) is 4.20. The Hall–Kier alpha value is -2.64. The van der Waals surface area contributed by atoms with E-state index < -0.39 is 0 Å². The maximum Gasteiger partial charge on any atom is 0.164 e. The van der Waals surface area contributed by atoms with Gasteiger partial charge in [0, 0.05) is 11.6 Å². The highest BCUT2D eigenvalue weighted by atomic mass is 16.5. The molecule has 0 saturated carbocycles. The Balaban J connectivity index is 1.60. The number of quaternary nitrogens is 2. The van der Waals surface area contributed by atoms with Gasteiger partial charge in [-0.1, -0.05) is 0 Å². The Bertz CT molecular complexity index is 850. The van der Waals surface area contributed by atoms with Gasteiger partial charge in [0.1, 0.15) is 45.0 Å². The van der Waals surface area contributed by atoms with Crippen LogP contribution in [0, 0.1) is 0 Å². The topological polar surface area (TPSA) is 55.0 Å². The fraction of sp³-hybridized carbons (Fsp3) is 0.500. The molecule has 31 heavy (non-hydrogen) atoms. The van der Waals surface area contributed by atoms with Crippen LogP contribution in [0.25, 0.3) is 0 Å². The van der Waals surface area contributed by atoms with Crippen molar-refractivity contribution in [2.75, 3.05) is 61.2 Å². The van der Waals surface area contributed by atoms with Crippen LogP contribution in [0.3, 0.4) is 0 Å². The lowest BCUT2D eigenvalue weighted by atomic mass is 10.1. The van der Waals surface area contributed by atoms with E-state index in [0.29, 0.717) is 12.4 Å². The second-order valence-electron chi connectivity index (χ2n) is 7.79. The number of piperazine rings is 1. The molecule has 0 aromatic heterocycles. The van der Waals surface area contributed by atoms with Crippen LogP contribution in [-0.2, 0) is 13.1 Å². The van der Waals surface area contributed by atoms with E-state index in [2.05, 4.69) is 12.1 Å². The van der Waals surface area contributed by atoms with Gasteiger partial charge in [-0.15, -0.1) is 0 Å². The molecular formula is C24H36N2O5+2. The molecule has 0 bridgehead atoms. The first-order valence-electron chi connectivity index (χ1n) is 10.9. The summed E-state index contributed by atoms with van der Waals surface area (Å²) in [5, 5.41) is 0. The first-order valence-corrected chi connectivity index (χ1v) is 10.9. The van der Waals surface area contributed by atoms with Crippen molar-refractivity contribution in [3.8, 4) is 28.7 Å². The summed E-state index contributed by atoms with van der Waals surface area (Å²) >= 11 is 0. The van der Waals surface area contributed by atoms with E-state index in [0.717, 1.165) is 67.8 Å². The van der Waals surface area contributed by atoms with Gasteiger partial charge in [-0.3, -0.25) is 0 Å². The molecule has 1 aliphatic rings. The fourth-order valence-electron chi connectivity index (χ4n) is 4.20. The zero-order valence-electron chi connectivity index (χ0n) is 19.4. The maximum atomic E-state index is 5.73. The Labute approximate surface area is 185 Å². The van der Waals surface area contributed by atoms with E-state index in [9.17, 15) is 0 Å². The van der Waals surface area contributed by atoms with E-state index >= 15 is 0 Å². The second-order valence-corrected chi connectivity index (χ2v) is 7.79. The van der Waals surface area contributed by atoms with E-state index in [1.54, 1.807) is 38.2 Å². The van der Waals surface area contributed by atoms with Crippen molar-refractivity contribution >= 4 is 0 Å². The summed E-state index contributed by atoms with van der Waals surface area (Å²) in [4.78, 5) is 3.15. The predicted octanol–water partition coefficient (Wildman–Crippen LogP) is 0.603. The molecule has 1 saturated heterocycles. The zero-order chi connectivity index (χ0) is 22.2. The highest BCUT2D eigenvalue weighted by Crippen LogP contribution is 2.34. The van der Waals surface area contributed by atoms with Gasteiger partial charge in [0.25, 0.3) is 0 Å². The third kappa shape index (κ3) is 5.74. The third-order valence-corrected chi connectivity index (χ3v) is 5.87. The molecule has 7 nitrogen and oxygen atoms in total. The van der Waals surface area contributed by atoms with Crippen LogP contribution in [0.2, 0.25) is 0 Å². The summed E-state index contributed by atoms with van der Waals surface area (Å²) in [6, 6.07) is 10.2. The molecule has 0 unspecified atom stereocenters. The number of benzene rings is 2. The molecule has 0 amide bonds. The van der Waals surface area contributed by atoms with Crippen LogP contribution >= 0.6 is 0 Å². The molecule has 2 N–H and O–H groups in total. The summed E-state index contributed by atoms with van der Waals surface area (Å²) in [5.41, 5.74) is 2.43. The van der Waals surface area contributed by atoms with Gasteiger partial charge in [0.2, 0.25) is 0 Å². The lowest BCUT2D eigenvalue weighted by Crippen LogP contribution is -3.27. The Morgan fingerprint density at radius 1 is 0.645 bits per heavy atom. The average Bonchev–Trinajstić information content (AvgIpc) is 2.80. The maximum absolute atomic E-state index is 5.73. The van der Waals surface area contributed by atoms with Crippen molar-refractivity contribution in [3.63, 3.8) is 0 Å². The number of nitrogens with one attached hydrogen (secondary N) is 2. The van der Waals surface area contributed by atoms with E-state index in [1.165, 1.54) is 5.56 Å².